The Hall–Kier alpha value is -1.44. The molecule has 0 aliphatic carbocycles. The van der Waals surface area contributed by atoms with Crippen LogP contribution >= 0.6 is 12.2 Å². The number of hydrogen-bond donors (Lipinski definition) is 2. The maximum atomic E-state index is 11.9. The monoisotopic (exact) mass is 250 g/mol. The van der Waals surface area contributed by atoms with Crippen molar-refractivity contribution >= 4 is 23.2 Å². The van der Waals surface area contributed by atoms with Crippen LogP contribution in [0.2, 0.25) is 0 Å². The first-order valence-corrected chi connectivity index (χ1v) is 4.65. The van der Waals surface area contributed by atoms with Gasteiger partial charge in [0.25, 0.3) is 0 Å². The molecule has 0 atom stereocenters. The van der Waals surface area contributed by atoms with Crippen molar-refractivity contribution < 1.29 is 13.2 Å². The highest BCUT2D eigenvalue weighted by molar-refractivity contribution is 7.80. The van der Waals surface area contributed by atoms with Crippen LogP contribution in [-0.2, 0) is 0 Å². The summed E-state index contributed by atoms with van der Waals surface area (Å²) in [4.78, 5) is 7.54. The molecule has 16 heavy (non-hydrogen) atoms. The van der Waals surface area contributed by atoms with Crippen molar-refractivity contribution in [3.63, 3.8) is 0 Å². The van der Waals surface area contributed by atoms with E-state index in [0.717, 1.165) is 0 Å². The van der Waals surface area contributed by atoms with Crippen LogP contribution in [0.1, 0.15) is 11.4 Å². The van der Waals surface area contributed by atoms with Crippen molar-refractivity contribution in [2.75, 3.05) is 11.9 Å². The third-order valence-electron chi connectivity index (χ3n) is 1.55. The number of alkyl halides is 3. The van der Waals surface area contributed by atoms with Gasteiger partial charge in [-0.25, -0.2) is 9.97 Å². The lowest BCUT2D eigenvalue weighted by Gasteiger charge is -2.09. The van der Waals surface area contributed by atoms with Crippen molar-refractivity contribution in [2.24, 2.45) is 5.73 Å². The van der Waals surface area contributed by atoms with E-state index in [0.29, 0.717) is 5.69 Å². The molecule has 0 amide bonds. The Morgan fingerprint density at radius 2 is 2.12 bits per heavy atom. The first-order chi connectivity index (χ1) is 7.28. The van der Waals surface area contributed by atoms with Crippen molar-refractivity contribution in [3.05, 3.63) is 17.5 Å². The topological polar surface area (TPSA) is 63.8 Å². The Balaban J connectivity index is 2.85. The standard InChI is InChI=1S/C8H9F3N4S/c1-4-2-5(6(12)16)15-7(14-4)13-3-8(9,10)11/h2H,3H2,1H3,(H2,12,16)(H,13,14,15). The summed E-state index contributed by atoms with van der Waals surface area (Å²) in [5.74, 6) is -0.139. The molecule has 0 aliphatic rings. The molecule has 1 heterocycles. The zero-order chi connectivity index (χ0) is 12.3. The Morgan fingerprint density at radius 1 is 1.50 bits per heavy atom. The molecule has 0 aliphatic heterocycles. The molecule has 8 heteroatoms. The molecule has 3 N–H and O–H groups in total. The summed E-state index contributed by atoms with van der Waals surface area (Å²) in [5, 5.41) is 2.06. The van der Waals surface area contributed by atoms with E-state index in [1.54, 1.807) is 6.92 Å². The van der Waals surface area contributed by atoms with E-state index >= 15 is 0 Å². The highest BCUT2D eigenvalue weighted by Gasteiger charge is 2.27. The third-order valence-corrected chi connectivity index (χ3v) is 1.76. The number of thiocarbonyl (C=S) groups is 1. The number of anilines is 1. The number of rotatable bonds is 3. The van der Waals surface area contributed by atoms with Crippen LogP contribution in [0.5, 0.6) is 0 Å². The van der Waals surface area contributed by atoms with E-state index in [9.17, 15) is 13.2 Å². The molecule has 0 bridgehead atoms. The molecule has 0 unspecified atom stereocenters. The molecule has 1 aromatic heterocycles. The molecule has 4 nitrogen and oxygen atoms in total. The summed E-state index contributed by atoms with van der Waals surface area (Å²) in [7, 11) is 0. The average molecular weight is 250 g/mol. The largest absolute Gasteiger partial charge is 0.405 e. The fraction of sp³-hybridized carbons (Fsp3) is 0.375. The molecule has 0 fully saturated rings. The predicted octanol–water partition coefficient (Wildman–Crippen LogP) is 1.39. The minimum atomic E-state index is -4.32. The Labute approximate surface area is 95.1 Å². The smallest absolute Gasteiger partial charge is 0.388 e. The Kier molecular flexibility index (Phi) is 3.63. The maximum Gasteiger partial charge on any atom is 0.405 e. The minimum absolute atomic E-state index is 0.0144. The van der Waals surface area contributed by atoms with Crippen LogP contribution in [0.4, 0.5) is 19.1 Å². The second-order valence-electron chi connectivity index (χ2n) is 3.05. The molecule has 0 radical (unpaired) electrons. The quantitative estimate of drug-likeness (QED) is 0.794. The minimum Gasteiger partial charge on any atom is -0.388 e. The summed E-state index contributed by atoms with van der Waals surface area (Å²) in [6.07, 6.45) is -4.32. The Morgan fingerprint density at radius 3 is 2.62 bits per heavy atom. The molecule has 0 saturated heterocycles. The molecule has 0 spiro atoms. The average Bonchev–Trinajstić information content (AvgIpc) is 2.13. The molecule has 88 valence electrons. The zero-order valence-electron chi connectivity index (χ0n) is 8.30. The van der Waals surface area contributed by atoms with Gasteiger partial charge in [0.05, 0.1) is 0 Å². The van der Waals surface area contributed by atoms with Crippen molar-refractivity contribution in [3.8, 4) is 0 Å². The number of aromatic nitrogens is 2. The van der Waals surface area contributed by atoms with Crippen LogP contribution in [0.15, 0.2) is 6.07 Å². The van der Waals surface area contributed by atoms with Gasteiger partial charge in [-0.15, -0.1) is 0 Å². The van der Waals surface area contributed by atoms with Crippen LogP contribution in [0.25, 0.3) is 0 Å². The van der Waals surface area contributed by atoms with Gasteiger partial charge in [-0.1, -0.05) is 12.2 Å². The van der Waals surface area contributed by atoms with Crippen molar-refractivity contribution in [2.45, 2.75) is 13.1 Å². The van der Waals surface area contributed by atoms with Crippen LogP contribution in [-0.4, -0.2) is 27.7 Å². The first kappa shape index (κ1) is 12.6. The number of hydrogen-bond acceptors (Lipinski definition) is 4. The SMILES string of the molecule is Cc1cc(C(N)=S)nc(NCC(F)(F)F)n1. The highest BCUT2D eigenvalue weighted by Crippen LogP contribution is 2.15. The first-order valence-electron chi connectivity index (χ1n) is 4.24. The number of nitrogens with one attached hydrogen (secondary N) is 1. The summed E-state index contributed by atoms with van der Waals surface area (Å²) in [6.45, 7) is 0.412. The van der Waals surface area contributed by atoms with Gasteiger partial charge >= 0.3 is 6.18 Å². The van der Waals surface area contributed by atoms with E-state index in [-0.39, 0.29) is 16.6 Å². The van der Waals surface area contributed by atoms with E-state index in [1.165, 1.54) is 6.07 Å². The van der Waals surface area contributed by atoms with Gasteiger partial charge in [-0.05, 0) is 13.0 Å². The molecular weight excluding hydrogens is 241 g/mol. The van der Waals surface area contributed by atoms with Gasteiger partial charge in [0, 0.05) is 5.69 Å². The molecule has 1 aromatic rings. The zero-order valence-corrected chi connectivity index (χ0v) is 9.11. The number of nitrogens with zero attached hydrogens (tertiary/aromatic N) is 2. The van der Waals surface area contributed by atoms with Crippen molar-refractivity contribution in [1.82, 2.24) is 9.97 Å². The number of nitrogens with two attached hydrogens (primary N) is 1. The summed E-state index contributed by atoms with van der Waals surface area (Å²) in [5.41, 5.74) is 6.06. The van der Waals surface area contributed by atoms with E-state index < -0.39 is 12.7 Å². The normalized spacial score (nSPS) is 11.2. The second-order valence-corrected chi connectivity index (χ2v) is 3.49. The van der Waals surface area contributed by atoms with Crippen LogP contribution in [0, 0.1) is 6.92 Å². The van der Waals surface area contributed by atoms with E-state index in [4.69, 9.17) is 5.73 Å². The van der Waals surface area contributed by atoms with Crippen LogP contribution in [0.3, 0.4) is 0 Å². The number of halogens is 3. The lowest BCUT2D eigenvalue weighted by atomic mass is 10.3. The van der Waals surface area contributed by atoms with Gasteiger partial charge < -0.3 is 11.1 Å². The summed E-state index contributed by atoms with van der Waals surface area (Å²) in [6, 6.07) is 1.50. The lowest BCUT2D eigenvalue weighted by Crippen LogP contribution is -2.23. The Bertz CT molecular complexity index is 405. The molecule has 0 aromatic carbocycles. The fourth-order valence-electron chi connectivity index (χ4n) is 0.953. The van der Waals surface area contributed by atoms with Gasteiger partial charge in [0.15, 0.2) is 0 Å². The lowest BCUT2D eigenvalue weighted by molar-refractivity contribution is -0.115. The van der Waals surface area contributed by atoms with Crippen LogP contribution < -0.4 is 11.1 Å². The number of aryl methyl sites for hydroxylation is 1. The van der Waals surface area contributed by atoms with Gasteiger partial charge in [0.2, 0.25) is 5.95 Å². The highest BCUT2D eigenvalue weighted by atomic mass is 32.1. The summed E-state index contributed by atoms with van der Waals surface area (Å²) < 4.78 is 35.8. The maximum absolute atomic E-state index is 11.9. The molecular formula is C8H9F3N4S. The fourth-order valence-corrected chi connectivity index (χ4v) is 1.06. The molecule has 0 saturated carbocycles. The summed E-state index contributed by atoms with van der Waals surface area (Å²) >= 11 is 4.68. The van der Waals surface area contributed by atoms with Gasteiger partial charge in [0.1, 0.15) is 17.2 Å². The van der Waals surface area contributed by atoms with E-state index in [1.807, 2.05) is 0 Å². The molecule has 1 rings (SSSR count). The van der Waals surface area contributed by atoms with Crippen molar-refractivity contribution in [1.29, 1.82) is 0 Å². The van der Waals surface area contributed by atoms with Gasteiger partial charge in [-0.2, -0.15) is 13.2 Å². The third kappa shape index (κ3) is 3.97. The van der Waals surface area contributed by atoms with Gasteiger partial charge in [-0.3, -0.25) is 0 Å². The second kappa shape index (κ2) is 4.60. The predicted molar refractivity (Wildman–Crippen MR) is 57.2 cm³/mol. The van der Waals surface area contributed by atoms with E-state index in [2.05, 4.69) is 27.5 Å².